The van der Waals surface area contributed by atoms with E-state index in [9.17, 15) is 0 Å². The fourth-order valence-corrected chi connectivity index (χ4v) is 2.53. The minimum Gasteiger partial charge on any atom is -0.366 e. The van der Waals surface area contributed by atoms with Crippen molar-refractivity contribution in [3.05, 3.63) is 55.1 Å². The number of unbranched alkanes of at least 4 members (excludes halogenated alkanes) is 1. The van der Waals surface area contributed by atoms with Crippen LogP contribution in [0.4, 0.5) is 5.82 Å². The summed E-state index contributed by atoms with van der Waals surface area (Å²) in [7, 11) is 0. The van der Waals surface area contributed by atoms with Crippen LogP contribution in [0, 0.1) is 0 Å². The maximum absolute atomic E-state index is 4.64. The number of rotatable bonds is 7. The Hall–Kier alpha value is -2.69. The van der Waals surface area contributed by atoms with Crippen LogP contribution >= 0.6 is 0 Å². The molecule has 0 aliphatic carbocycles. The van der Waals surface area contributed by atoms with Gasteiger partial charge in [-0.3, -0.25) is 0 Å². The van der Waals surface area contributed by atoms with Gasteiger partial charge in [-0.15, -0.1) is 21.9 Å². The van der Waals surface area contributed by atoms with Crippen LogP contribution in [0.5, 0.6) is 0 Å². The zero-order chi connectivity index (χ0) is 16.1. The van der Waals surface area contributed by atoms with Gasteiger partial charge >= 0.3 is 0 Å². The number of aromatic nitrogens is 4. The number of nitrogens with one attached hydrogen (secondary N) is 1. The molecule has 1 aromatic carbocycles. The van der Waals surface area contributed by atoms with Gasteiger partial charge in [0.15, 0.2) is 11.5 Å². The van der Waals surface area contributed by atoms with Crippen LogP contribution in [0.3, 0.4) is 0 Å². The Kier molecular flexibility index (Phi) is 4.66. The number of hydrogen-bond donors (Lipinski definition) is 1. The highest BCUT2D eigenvalue weighted by Crippen LogP contribution is 2.18. The molecule has 0 fully saturated rings. The first kappa shape index (κ1) is 15.2. The van der Waals surface area contributed by atoms with Gasteiger partial charge < -0.3 is 5.32 Å². The summed E-state index contributed by atoms with van der Waals surface area (Å²) in [5, 5.41) is 16.5. The fraction of sp³-hybridized carbons (Fsp3) is 0.278. The lowest BCUT2D eigenvalue weighted by molar-refractivity contribution is 0.658. The third-order valence-electron chi connectivity index (χ3n) is 3.73. The van der Waals surface area contributed by atoms with E-state index in [-0.39, 0.29) is 0 Å². The number of anilines is 1. The lowest BCUT2D eigenvalue weighted by Crippen LogP contribution is -2.16. The normalized spacial score (nSPS) is 12.2. The lowest BCUT2D eigenvalue weighted by Gasteiger charge is -2.14. The number of nitrogens with zero attached hydrogens (tertiary/aromatic N) is 4. The highest BCUT2D eigenvalue weighted by atomic mass is 15.4. The van der Waals surface area contributed by atoms with Gasteiger partial charge in [0.05, 0.1) is 0 Å². The van der Waals surface area contributed by atoms with E-state index in [1.54, 1.807) is 4.52 Å². The zero-order valence-corrected chi connectivity index (χ0v) is 13.3. The molecule has 0 amide bonds. The lowest BCUT2D eigenvalue weighted by atomic mass is 10.1. The molecule has 1 N–H and O–H groups in total. The maximum atomic E-state index is 4.64. The third-order valence-corrected chi connectivity index (χ3v) is 3.73. The van der Waals surface area contributed by atoms with E-state index in [1.165, 1.54) is 0 Å². The zero-order valence-electron chi connectivity index (χ0n) is 13.3. The van der Waals surface area contributed by atoms with Gasteiger partial charge in [0.2, 0.25) is 0 Å². The van der Waals surface area contributed by atoms with Crippen molar-refractivity contribution >= 4 is 11.5 Å². The molecule has 118 valence electrons. The molecule has 0 aliphatic rings. The van der Waals surface area contributed by atoms with Crippen molar-refractivity contribution in [2.75, 3.05) is 5.32 Å². The van der Waals surface area contributed by atoms with Crippen LogP contribution in [0.2, 0.25) is 0 Å². The second-order valence-electron chi connectivity index (χ2n) is 5.64. The second-order valence-corrected chi connectivity index (χ2v) is 5.64. The van der Waals surface area contributed by atoms with Crippen molar-refractivity contribution in [1.82, 2.24) is 19.8 Å². The van der Waals surface area contributed by atoms with Crippen molar-refractivity contribution in [3.8, 4) is 11.4 Å². The summed E-state index contributed by atoms with van der Waals surface area (Å²) in [4.78, 5) is 0. The van der Waals surface area contributed by atoms with Gasteiger partial charge in [-0.1, -0.05) is 36.4 Å². The van der Waals surface area contributed by atoms with E-state index < -0.39 is 0 Å². The van der Waals surface area contributed by atoms with Crippen LogP contribution in [-0.2, 0) is 0 Å². The van der Waals surface area contributed by atoms with Gasteiger partial charge in [0, 0.05) is 11.6 Å². The monoisotopic (exact) mass is 307 g/mol. The van der Waals surface area contributed by atoms with Gasteiger partial charge in [-0.05, 0) is 38.3 Å². The average Bonchev–Trinajstić information content (AvgIpc) is 2.99. The third kappa shape index (κ3) is 3.56. The summed E-state index contributed by atoms with van der Waals surface area (Å²) in [6.07, 6.45) is 5.21. The Morgan fingerprint density at radius 1 is 1.17 bits per heavy atom. The molecule has 1 atom stereocenters. The smallest absolute Gasteiger partial charge is 0.185 e. The van der Waals surface area contributed by atoms with Crippen LogP contribution in [-0.4, -0.2) is 25.9 Å². The molecule has 3 rings (SSSR count). The van der Waals surface area contributed by atoms with Crippen molar-refractivity contribution < 1.29 is 0 Å². The molecule has 0 saturated heterocycles. The topological polar surface area (TPSA) is 55.1 Å². The molecule has 0 radical (unpaired) electrons. The second kappa shape index (κ2) is 7.05. The molecule has 2 aromatic heterocycles. The first-order valence-corrected chi connectivity index (χ1v) is 7.93. The molecule has 2 heterocycles. The van der Waals surface area contributed by atoms with E-state index in [4.69, 9.17) is 0 Å². The number of allylic oxidation sites excluding steroid dienone is 1. The van der Waals surface area contributed by atoms with Gasteiger partial charge in [-0.25, -0.2) is 0 Å². The molecule has 0 saturated carbocycles. The van der Waals surface area contributed by atoms with Crippen molar-refractivity contribution in [2.45, 2.75) is 32.2 Å². The Labute approximate surface area is 136 Å². The number of benzene rings is 1. The van der Waals surface area contributed by atoms with Crippen LogP contribution < -0.4 is 5.32 Å². The summed E-state index contributed by atoms with van der Waals surface area (Å²) >= 11 is 0. The molecule has 5 nitrogen and oxygen atoms in total. The number of hydrogen-bond acceptors (Lipinski definition) is 4. The van der Waals surface area contributed by atoms with Gasteiger partial charge in [0.1, 0.15) is 5.82 Å². The molecule has 23 heavy (non-hydrogen) atoms. The van der Waals surface area contributed by atoms with Gasteiger partial charge in [-0.2, -0.15) is 4.52 Å². The Morgan fingerprint density at radius 3 is 2.78 bits per heavy atom. The molecular weight excluding hydrogens is 286 g/mol. The van der Waals surface area contributed by atoms with E-state index >= 15 is 0 Å². The quantitative estimate of drug-likeness (QED) is 0.530. The standard InChI is InChI=1S/C18H21N5/c1-3-4-6-9-14(2)19-16-12-13-17-20-21-18(23(17)22-16)15-10-7-5-8-11-15/h3,5,7-8,10-14H,1,4,6,9H2,2H3,(H,19,22). The average molecular weight is 307 g/mol. The summed E-state index contributed by atoms with van der Waals surface area (Å²) in [6, 6.07) is 14.2. The van der Waals surface area contributed by atoms with Crippen molar-refractivity contribution in [3.63, 3.8) is 0 Å². The SMILES string of the molecule is C=CCCCC(C)Nc1ccc2nnc(-c3ccccc3)n2n1. The predicted molar refractivity (Wildman–Crippen MR) is 93.4 cm³/mol. The molecule has 3 aromatic rings. The van der Waals surface area contributed by atoms with Crippen molar-refractivity contribution in [2.24, 2.45) is 0 Å². The van der Waals surface area contributed by atoms with Gasteiger partial charge in [0.25, 0.3) is 0 Å². The minimum absolute atomic E-state index is 0.358. The first-order chi connectivity index (χ1) is 11.3. The Bertz CT molecular complexity index is 778. The molecule has 0 bridgehead atoms. The first-order valence-electron chi connectivity index (χ1n) is 7.93. The molecule has 5 heteroatoms. The van der Waals surface area contributed by atoms with Crippen LogP contribution in [0.25, 0.3) is 17.0 Å². The van der Waals surface area contributed by atoms with E-state index in [0.717, 1.165) is 42.1 Å². The molecule has 0 aliphatic heterocycles. The van der Waals surface area contributed by atoms with E-state index in [1.807, 2.05) is 48.5 Å². The summed E-state index contributed by atoms with van der Waals surface area (Å²) in [5.74, 6) is 1.59. The highest BCUT2D eigenvalue weighted by Gasteiger charge is 2.10. The minimum atomic E-state index is 0.358. The largest absolute Gasteiger partial charge is 0.366 e. The number of fused-ring (bicyclic) bond motifs is 1. The summed E-state index contributed by atoms with van der Waals surface area (Å²) in [6.45, 7) is 5.92. The van der Waals surface area contributed by atoms with Crippen LogP contribution in [0.1, 0.15) is 26.2 Å². The Morgan fingerprint density at radius 2 is 2.00 bits per heavy atom. The van der Waals surface area contributed by atoms with E-state index in [0.29, 0.717) is 6.04 Å². The summed E-state index contributed by atoms with van der Waals surface area (Å²) < 4.78 is 1.79. The van der Waals surface area contributed by atoms with Crippen molar-refractivity contribution in [1.29, 1.82) is 0 Å². The highest BCUT2D eigenvalue weighted by molar-refractivity contribution is 5.59. The molecule has 0 spiro atoms. The summed E-state index contributed by atoms with van der Waals surface area (Å²) in [5.41, 5.74) is 1.75. The van der Waals surface area contributed by atoms with Crippen LogP contribution in [0.15, 0.2) is 55.1 Å². The predicted octanol–water partition coefficient (Wildman–Crippen LogP) is 3.95. The fourth-order valence-electron chi connectivity index (χ4n) is 2.53. The Balaban J connectivity index is 1.82. The van der Waals surface area contributed by atoms with E-state index in [2.05, 4.69) is 34.1 Å². The maximum Gasteiger partial charge on any atom is 0.185 e. The molecular formula is C18H21N5. The molecule has 1 unspecified atom stereocenters.